The van der Waals surface area contributed by atoms with Gasteiger partial charge in [0.1, 0.15) is 11.6 Å². The van der Waals surface area contributed by atoms with Gasteiger partial charge in [-0.1, -0.05) is 154 Å². The van der Waals surface area contributed by atoms with E-state index in [9.17, 15) is 33.6 Å². The lowest BCUT2D eigenvalue weighted by Gasteiger charge is -2.21. The van der Waals surface area contributed by atoms with Gasteiger partial charge < -0.3 is 48.8 Å². The predicted octanol–water partition coefficient (Wildman–Crippen LogP) is 17.9. The Labute approximate surface area is 601 Å². The molecular weight excluding hydrogens is 1260 g/mol. The maximum Gasteiger partial charge on any atom is 0.305 e. The lowest BCUT2D eigenvalue weighted by molar-refractivity contribution is -0.139. The van der Waals surface area contributed by atoms with Crippen LogP contribution in [0, 0.1) is 59.7 Å². The number of aliphatic hydroxyl groups is 2. The van der Waals surface area contributed by atoms with Gasteiger partial charge >= 0.3 is 11.9 Å². The van der Waals surface area contributed by atoms with Gasteiger partial charge in [0.15, 0.2) is 11.6 Å². The summed E-state index contributed by atoms with van der Waals surface area (Å²) in [6.45, 7) is 15.2. The van der Waals surface area contributed by atoms with Gasteiger partial charge in [-0.3, -0.25) is 33.6 Å². The number of aliphatic carboxylic acids is 2. The molecule has 8 rings (SSSR count). The van der Waals surface area contributed by atoms with E-state index in [0.717, 1.165) is 51.5 Å². The van der Waals surface area contributed by atoms with Gasteiger partial charge in [-0.25, -0.2) is 0 Å². The Bertz CT molecular complexity index is 1830. The van der Waals surface area contributed by atoms with Crippen LogP contribution in [0.2, 0.25) is 0 Å². The first-order valence-electron chi connectivity index (χ1n) is 39.4. The number of rotatable bonds is 30. The Morgan fingerprint density at radius 3 is 0.677 bits per heavy atom. The molecule has 0 heterocycles. The maximum atomic E-state index is 10.6. The Hall–Kier alpha value is -4.31. The van der Waals surface area contributed by atoms with Crippen LogP contribution < -0.4 is 0 Å². The van der Waals surface area contributed by atoms with Crippen molar-refractivity contribution in [3.8, 4) is 12.3 Å². The number of carbonyl (C=O) groups is 7. The Kier molecular flexibility index (Phi) is 66.4. The monoisotopic (exact) mass is 1400 g/mol. The van der Waals surface area contributed by atoms with Gasteiger partial charge in [-0.15, -0.1) is 6.42 Å². The van der Waals surface area contributed by atoms with Gasteiger partial charge in [0.2, 0.25) is 5.78 Å². The molecule has 17 heteroatoms. The van der Waals surface area contributed by atoms with Crippen LogP contribution in [-0.4, -0.2) is 141 Å². The average Bonchev–Trinajstić information content (AvgIpc) is 3.46. The molecule has 8 aliphatic carbocycles. The molecule has 17 nitrogen and oxygen atoms in total. The minimum absolute atomic E-state index is 0.0450. The molecule has 0 amide bonds. The molecule has 0 bridgehead atoms. The van der Waals surface area contributed by atoms with Crippen LogP contribution in [0.25, 0.3) is 0 Å². The van der Waals surface area contributed by atoms with Crippen LogP contribution in [0.1, 0.15) is 317 Å². The van der Waals surface area contributed by atoms with Crippen LogP contribution in [0.15, 0.2) is 24.7 Å². The molecule has 8 aliphatic rings. The second-order valence-corrected chi connectivity index (χ2v) is 29.1. The largest absolute Gasteiger partial charge is 0.501 e. The van der Waals surface area contributed by atoms with Crippen molar-refractivity contribution < 1.29 is 82.4 Å². The zero-order valence-corrected chi connectivity index (χ0v) is 63.2. The second-order valence-electron chi connectivity index (χ2n) is 29.1. The minimum atomic E-state index is -0.774. The summed E-state index contributed by atoms with van der Waals surface area (Å²) >= 11 is 0. The van der Waals surface area contributed by atoms with E-state index in [0.29, 0.717) is 88.0 Å². The molecule has 0 aromatic heterocycles. The molecule has 4 N–H and O–H groups in total. The number of ether oxygens (including phenoxy) is 6. The van der Waals surface area contributed by atoms with Gasteiger partial charge in [0.05, 0.1) is 65.0 Å². The number of carbonyl (C=O) groups excluding carboxylic acids is 5. The first-order valence-corrected chi connectivity index (χ1v) is 39.4. The third-order valence-electron chi connectivity index (χ3n) is 19.5. The quantitative estimate of drug-likeness (QED) is 0.0171. The van der Waals surface area contributed by atoms with E-state index in [2.05, 4.69) is 6.42 Å². The molecule has 0 saturated heterocycles. The Morgan fingerprint density at radius 2 is 0.515 bits per heavy atom. The van der Waals surface area contributed by atoms with Crippen LogP contribution >= 0.6 is 0 Å². The zero-order valence-electron chi connectivity index (χ0n) is 63.2. The molecule has 0 aromatic carbocycles. The number of allylic oxidation sites excluding steroid dienone is 2. The zero-order chi connectivity index (χ0) is 73.0. The van der Waals surface area contributed by atoms with E-state index in [1.54, 1.807) is 13.8 Å². The highest BCUT2D eigenvalue weighted by Gasteiger charge is 2.19. The van der Waals surface area contributed by atoms with Crippen LogP contribution in [0.5, 0.6) is 0 Å². The highest BCUT2D eigenvalue weighted by molar-refractivity contribution is 5.92. The van der Waals surface area contributed by atoms with Crippen molar-refractivity contribution in [2.75, 3.05) is 79.3 Å². The fraction of sp³-hybridized carbons (Fsp3) is 0.841. The Morgan fingerprint density at radius 1 is 0.323 bits per heavy atom. The first kappa shape index (κ1) is 94.7. The molecule has 0 spiro atoms. The fourth-order valence-electron chi connectivity index (χ4n) is 13.3. The molecule has 574 valence electrons. The van der Waals surface area contributed by atoms with Gasteiger partial charge in [-0.2, -0.15) is 0 Å². The molecule has 0 atom stereocenters. The number of carboxylic acid groups (broad SMARTS) is 2. The Balaban J connectivity index is 0.00000110. The van der Waals surface area contributed by atoms with Crippen molar-refractivity contribution in [2.24, 2.45) is 47.3 Å². The van der Waals surface area contributed by atoms with Crippen molar-refractivity contribution in [1.82, 2.24) is 0 Å². The van der Waals surface area contributed by atoms with E-state index in [4.69, 9.17) is 48.8 Å². The average molecular weight is 1400 g/mol. The SMILES string of the molecule is C#CC(C)=O.CC(=O)C=COCC1CCCCC1.CC(=O)C=COCC1CCCCC1.CC(=O)CCOCC1CCCCC1.CC(=O)CCOCC1CCCCC1.O=C(O)CCOCC1CCCCC1.O=C(O)CCOCC1CCCCC1.OCC1CCCCC1.OCC1CCCCC1. The van der Waals surface area contributed by atoms with Crippen molar-refractivity contribution in [1.29, 1.82) is 0 Å². The smallest absolute Gasteiger partial charge is 0.305 e. The van der Waals surface area contributed by atoms with E-state index in [-0.39, 0.29) is 41.8 Å². The van der Waals surface area contributed by atoms with Crippen molar-refractivity contribution in [2.45, 2.75) is 317 Å². The second kappa shape index (κ2) is 69.4. The normalized spacial score (nSPS) is 19.0. The topological polar surface area (TPSA) is 256 Å². The van der Waals surface area contributed by atoms with E-state index in [1.807, 2.05) is 5.92 Å². The molecule has 8 saturated carbocycles. The molecule has 0 radical (unpaired) electrons. The molecule has 0 aliphatic heterocycles. The van der Waals surface area contributed by atoms with E-state index in [1.165, 1.54) is 302 Å². The van der Waals surface area contributed by atoms with E-state index >= 15 is 0 Å². The fourth-order valence-corrected chi connectivity index (χ4v) is 13.3. The summed E-state index contributed by atoms with van der Waals surface area (Å²) in [5.41, 5.74) is 0. The van der Waals surface area contributed by atoms with Gasteiger partial charge in [-0.05, 0) is 184 Å². The van der Waals surface area contributed by atoms with Crippen LogP contribution in [0.4, 0.5) is 0 Å². The maximum absolute atomic E-state index is 10.6. The lowest BCUT2D eigenvalue weighted by Crippen LogP contribution is -2.14. The first-order chi connectivity index (χ1) is 47.9. The van der Waals surface area contributed by atoms with Gasteiger partial charge in [0, 0.05) is 71.6 Å². The number of ketones is 5. The molecule has 99 heavy (non-hydrogen) atoms. The standard InChI is InChI=1S/2C11H20O2.2C11H18O2.2C10H18O3.2C7H14O.C4H4O/c4*1-10(12)7-8-13-9-11-5-3-2-4-6-11;2*11-10(12)6-7-13-8-9-4-2-1-3-5-9;2*8-6-7-4-2-1-3-5-7;1-3-4(2)5/h2*11H,2-9H2,1H3;2*7-8,11H,2-6,9H2,1H3;2*9H,1-8H2,(H,11,12);2*7-8H,1-6H2;1H,2H3. The minimum Gasteiger partial charge on any atom is -0.501 e. The number of terminal acetylenes is 1. The number of hydrogen-bond acceptors (Lipinski definition) is 15. The molecule has 0 unspecified atom stereocenters. The number of carboxylic acids is 2. The predicted molar refractivity (Wildman–Crippen MR) is 396 cm³/mol. The van der Waals surface area contributed by atoms with E-state index < -0.39 is 11.9 Å². The summed E-state index contributed by atoms with van der Waals surface area (Å²) in [4.78, 5) is 72.2. The molecular formula is C82H144O17. The summed E-state index contributed by atoms with van der Waals surface area (Å²) in [6, 6.07) is 0. The number of hydrogen-bond donors (Lipinski definition) is 4. The number of aliphatic hydroxyl groups excluding tert-OH is 2. The van der Waals surface area contributed by atoms with Crippen molar-refractivity contribution in [3.05, 3.63) is 24.7 Å². The van der Waals surface area contributed by atoms with Crippen LogP contribution in [-0.2, 0) is 62.0 Å². The summed E-state index contributed by atoms with van der Waals surface area (Å²) in [5, 5.41) is 34.1. The summed E-state index contributed by atoms with van der Waals surface area (Å²) in [7, 11) is 0. The third kappa shape index (κ3) is 67.9. The summed E-state index contributed by atoms with van der Waals surface area (Å²) < 4.78 is 32.1. The highest BCUT2D eigenvalue weighted by atomic mass is 16.5. The van der Waals surface area contributed by atoms with Gasteiger partial charge in [0.25, 0.3) is 0 Å². The van der Waals surface area contributed by atoms with Crippen molar-refractivity contribution >= 4 is 40.9 Å². The highest BCUT2D eigenvalue weighted by Crippen LogP contribution is 2.29. The molecule has 8 fully saturated rings. The number of Topliss-reactive ketones (excluding diaryl/α,β-unsaturated/α-hetero) is 3. The third-order valence-corrected chi connectivity index (χ3v) is 19.5. The van der Waals surface area contributed by atoms with Crippen molar-refractivity contribution in [3.63, 3.8) is 0 Å². The summed E-state index contributed by atoms with van der Waals surface area (Å²) in [6.07, 6.45) is 64.9. The molecule has 0 aromatic rings. The summed E-state index contributed by atoms with van der Waals surface area (Å²) in [5.74, 6) is 6.27. The lowest BCUT2D eigenvalue weighted by atomic mass is 9.90. The van der Waals surface area contributed by atoms with Crippen LogP contribution in [0.3, 0.4) is 0 Å².